The van der Waals surface area contributed by atoms with E-state index in [4.69, 9.17) is 11.6 Å². The van der Waals surface area contributed by atoms with Crippen LogP contribution in [0, 0.1) is 5.92 Å². The van der Waals surface area contributed by atoms with Crippen molar-refractivity contribution in [3.63, 3.8) is 0 Å². The Hall–Kier alpha value is -2.79. The number of hydrogen-bond donors (Lipinski definition) is 3. The first kappa shape index (κ1) is 16.1. The first-order valence-electron chi connectivity index (χ1n) is 7.42. The molecule has 0 aliphatic carbocycles. The highest BCUT2D eigenvalue weighted by Crippen LogP contribution is 2.31. The molecule has 0 saturated carbocycles. The fraction of sp³-hybridized carbons (Fsp3) is 0.111. The molecule has 3 N–H and O–H groups in total. The van der Waals surface area contributed by atoms with E-state index in [1.807, 2.05) is 24.3 Å². The second-order valence-corrected chi connectivity index (χ2v) is 5.93. The number of benzene rings is 2. The number of rotatable bonds is 3. The van der Waals surface area contributed by atoms with Gasteiger partial charge in [0.2, 0.25) is 5.91 Å². The molecule has 122 valence electrons. The van der Waals surface area contributed by atoms with Crippen molar-refractivity contribution in [3.8, 4) is 0 Å². The Morgan fingerprint density at radius 2 is 1.88 bits per heavy atom. The topological polar surface area (TPSA) is 70.2 Å². The largest absolute Gasteiger partial charge is 0.330 e. The quantitative estimate of drug-likeness (QED) is 0.800. The van der Waals surface area contributed by atoms with Crippen molar-refractivity contribution < 1.29 is 9.59 Å². The van der Waals surface area contributed by atoms with E-state index in [1.54, 1.807) is 30.3 Å². The maximum absolute atomic E-state index is 12.8. The summed E-state index contributed by atoms with van der Waals surface area (Å²) in [6.45, 7) is 3.84. The fourth-order valence-electron chi connectivity index (χ4n) is 2.71. The maximum atomic E-state index is 12.8. The zero-order valence-corrected chi connectivity index (χ0v) is 13.5. The van der Waals surface area contributed by atoms with Gasteiger partial charge < -0.3 is 16.0 Å². The minimum atomic E-state index is -0.665. The zero-order chi connectivity index (χ0) is 17.1. The average molecular weight is 342 g/mol. The third kappa shape index (κ3) is 3.41. The Morgan fingerprint density at radius 1 is 1.12 bits per heavy atom. The molecule has 1 aliphatic heterocycles. The summed E-state index contributed by atoms with van der Waals surface area (Å²) in [6, 6.07) is 15.2. The van der Waals surface area contributed by atoms with Crippen LogP contribution < -0.4 is 16.0 Å². The van der Waals surface area contributed by atoms with E-state index in [1.165, 1.54) is 0 Å². The summed E-state index contributed by atoms with van der Waals surface area (Å²) in [5, 5.41) is 8.73. The van der Waals surface area contributed by atoms with Gasteiger partial charge in [-0.3, -0.25) is 4.79 Å². The van der Waals surface area contributed by atoms with Gasteiger partial charge >= 0.3 is 6.03 Å². The molecule has 2 aromatic carbocycles. The van der Waals surface area contributed by atoms with Crippen LogP contribution in [-0.4, -0.2) is 11.9 Å². The van der Waals surface area contributed by atoms with E-state index < -0.39 is 18.0 Å². The Balaban J connectivity index is 1.90. The molecule has 3 amide bonds. The number of para-hydroxylation sites is 1. The van der Waals surface area contributed by atoms with Crippen LogP contribution in [0.5, 0.6) is 0 Å². The van der Waals surface area contributed by atoms with Crippen molar-refractivity contribution in [2.24, 2.45) is 5.92 Å². The third-order valence-electron chi connectivity index (χ3n) is 3.80. The fourth-order valence-corrected chi connectivity index (χ4v) is 2.91. The highest BCUT2D eigenvalue weighted by atomic mass is 35.5. The first-order valence-corrected chi connectivity index (χ1v) is 7.80. The van der Waals surface area contributed by atoms with Gasteiger partial charge in [-0.15, -0.1) is 0 Å². The number of carbonyl (C=O) groups is 2. The van der Waals surface area contributed by atoms with Gasteiger partial charge in [-0.25, -0.2) is 4.79 Å². The van der Waals surface area contributed by atoms with Gasteiger partial charge in [-0.1, -0.05) is 48.5 Å². The molecule has 1 saturated heterocycles. The SMILES string of the molecule is C=C1NC(=O)NC(c2cccc(Cl)c2)C1C(=O)Nc1ccccc1. The molecule has 0 bridgehead atoms. The number of hydrogen-bond acceptors (Lipinski definition) is 2. The van der Waals surface area contributed by atoms with E-state index in [2.05, 4.69) is 22.5 Å². The Kier molecular flexibility index (Phi) is 4.53. The molecular weight excluding hydrogens is 326 g/mol. The van der Waals surface area contributed by atoms with Crippen molar-refractivity contribution in [2.45, 2.75) is 6.04 Å². The summed E-state index contributed by atoms with van der Waals surface area (Å²) in [6.07, 6.45) is 0. The smallest absolute Gasteiger partial charge is 0.319 e. The molecule has 0 radical (unpaired) electrons. The molecule has 1 aliphatic rings. The summed E-state index contributed by atoms with van der Waals surface area (Å²) in [5.74, 6) is -0.926. The monoisotopic (exact) mass is 341 g/mol. The van der Waals surface area contributed by atoms with E-state index in [9.17, 15) is 9.59 Å². The van der Waals surface area contributed by atoms with Crippen molar-refractivity contribution in [1.82, 2.24) is 10.6 Å². The minimum Gasteiger partial charge on any atom is -0.330 e. The van der Waals surface area contributed by atoms with Crippen LogP contribution in [0.3, 0.4) is 0 Å². The van der Waals surface area contributed by atoms with Crippen LogP contribution in [0.2, 0.25) is 5.02 Å². The van der Waals surface area contributed by atoms with Gasteiger partial charge in [0.1, 0.15) is 5.92 Å². The van der Waals surface area contributed by atoms with Gasteiger partial charge in [-0.2, -0.15) is 0 Å². The predicted octanol–water partition coefficient (Wildman–Crippen LogP) is 3.46. The lowest BCUT2D eigenvalue weighted by molar-refractivity contribution is -0.119. The standard InChI is InChI=1S/C18H16ClN3O2/c1-11-15(17(23)21-14-8-3-2-4-9-14)16(22-18(24)20-11)12-6-5-7-13(19)10-12/h2-10,15-16H,1H2,(H,21,23)(H2,20,22,24). The van der Waals surface area contributed by atoms with Crippen molar-refractivity contribution in [2.75, 3.05) is 5.32 Å². The highest BCUT2D eigenvalue weighted by Gasteiger charge is 2.37. The van der Waals surface area contributed by atoms with E-state index in [-0.39, 0.29) is 5.91 Å². The van der Waals surface area contributed by atoms with Crippen LogP contribution in [0.15, 0.2) is 66.9 Å². The number of carbonyl (C=O) groups excluding carboxylic acids is 2. The summed E-state index contributed by atoms with van der Waals surface area (Å²) >= 11 is 6.04. The third-order valence-corrected chi connectivity index (χ3v) is 4.04. The van der Waals surface area contributed by atoms with Gasteiger partial charge in [0.15, 0.2) is 0 Å². The van der Waals surface area contributed by atoms with Crippen molar-refractivity contribution in [1.29, 1.82) is 0 Å². The van der Waals surface area contributed by atoms with E-state index in [0.717, 1.165) is 5.56 Å². The number of nitrogens with one attached hydrogen (secondary N) is 3. The summed E-state index contributed by atoms with van der Waals surface area (Å²) in [7, 11) is 0. The van der Waals surface area contributed by atoms with Gasteiger partial charge in [0, 0.05) is 16.4 Å². The molecule has 2 aromatic rings. The van der Waals surface area contributed by atoms with Crippen LogP contribution >= 0.6 is 11.6 Å². The second-order valence-electron chi connectivity index (χ2n) is 5.49. The van der Waals surface area contributed by atoms with Crippen LogP contribution in [0.4, 0.5) is 10.5 Å². The summed E-state index contributed by atoms with van der Waals surface area (Å²) < 4.78 is 0. The molecule has 0 aromatic heterocycles. The number of halogens is 1. The summed E-state index contributed by atoms with van der Waals surface area (Å²) in [4.78, 5) is 24.6. The first-order chi connectivity index (χ1) is 11.5. The lowest BCUT2D eigenvalue weighted by Gasteiger charge is -2.34. The number of urea groups is 1. The highest BCUT2D eigenvalue weighted by molar-refractivity contribution is 6.30. The Labute approximate surface area is 144 Å². The summed E-state index contributed by atoms with van der Waals surface area (Å²) in [5.41, 5.74) is 1.76. The molecule has 6 heteroatoms. The predicted molar refractivity (Wildman–Crippen MR) is 93.6 cm³/mol. The molecule has 0 spiro atoms. The van der Waals surface area contributed by atoms with Gasteiger partial charge in [0.25, 0.3) is 0 Å². The number of anilines is 1. The molecule has 5 nitrogen and oxygen atoms in total. The van der Waals surface area contributed by atoms with Gasteiger partial charge in [0.05, 0.1) is 6.04 Å². The maximum Gasteiger partial charge on any atom is 0.319 e. The zero-order valence-electron chi connectivity index (χ0n) is 12.8. The minimum absolute atomic E-state index is 0.260. The molecule has 2 unspecified atom stereocenters. The lowest BCUT2D eigenvalue weighted by Crippen LogP contribution is -2.51. The van der Waals surface area contributed by atoms with Crippen molar-refractivity contribution >= 4 is 29.2 Å². The average Bonchev–Trinajstić information content (AvgIpc) is 2.55. The Morgan fingerprint density at radius 3 is 2.58 bits per heavy atom. The molecular formula is C18H16ClN3O2. The normalized spacial score (nSPS) is 20.0. The Bertz CT molecular complexity index is 792. The van der Waals surface area contributed by atoms with Crippen LogP contribution in [0.25, 0.3) is 0 Å². The molecule has 3 rings (SSSR count). The lowest BCUT2D eigenvalue weighted by atomic mass is 9.88. The second kappa shape index (κ2) is 6.76. The van der Waals surface area contributed by atoms with Crippen LogP contribution in [-0.2, 0) is 4.79 Å². The molecule has 1 heterocycles. The molecule has 1 fully saturated rings. The van der Waals surface area contributed by atoms with E-state index >= 15 is 0 Å². The van der Waals surface area contributed by atoms with Gasteiger partial charge in [-0.05, 0) is 29.8 Å². The molecule has 24 heavy (non-hydrogen) atoms. The van der Waals surface area contributed by atoms with Crippen LogP contribution in [0.1, 0.15) is 11.6 Å². The van der Waals surface area contributed by atoms with Crippen molar-refractivity contribution in [3.05, 3.63) is 77.5 Å². The van der Waals surface area contributed by atoms with E-state index in [0.29, 0.717) is 16.4 Å². The molecule has 2 atom stereocenters. The number of amides is 3.